The van der Waals surface area contributed by atoms with E-state index in [2.05, 4.69) is 38.2 Å². The van der Waals surface area contributed by atoms with E-state index >= 15 is 0 Å². The van der Waals surface area contributed by atoms with Crippen LogP contribution in [0, 0.1) is 12.8 Å². The molecule has 1 aliphatic rings. The summed E-state index contributed by atoms with van der Waals surface area (Å²) < 4.78 is 27.3. The molecule has 0 saturated carbocycles. The zero-order chi connectivity index (χ0) is 17.9. The highest BCUT2D eigenvalue weighted by Crippen LogP contribution is 2.28. The van der Waals surface area contributed by atoms with Gasteiger partial charge in [-0.2, -0.15) is 5.10 Å². The Morgan fingerprint density at radius 1 is 1.42 bits per heavy atom. The lowest BCUT2D eigenvalue weighted by Gasteiger charge is -2.32. The number of nitrogens with one attached hydrogen (secondary N) is 1. The van der Waals surface area contributed by atoms with Crippen molar-refractivity contribution in [3.8, 4) is 0 Å². The van der Waals surface area contributed by atoms with Gasteiger partial charge in [-0.25, -0.2) is 8.78 Å². The third-order valence-electron chi connectivity index (χ3n) is 4.47. The average Bonchev–Trinajstić information content (AvgIpc) is 2.78. The lowest BCUT2D eigenvalue weighted by atomic mass is 9.99. The normalized spacial score (nSPS) is 18.1. The molecule has 136 valence electrons. The molecule has 8 heteroatoms. The number of rotatable bonds is 6. The summed E-state index contributed by atoms with van der Waals surface area (Å²) in [6.45, 7) is 8.76. The molecule has 1 amide bonds. The van der Waals surface area contributed by atoms with Gasteiger partial charge in [0.15, 0.2) is 0 Å². The topological polar surface area (TPSA) is 50.2 Å². The van der Waals surface area contributed by atoms with Crippen LogP contribution < -0.4 is 5.32 Å². The first-order valence-corrected chi connectivity index (χ1v) is 9.10. The fourth-order valence-corrected chi connectivity index (χ4v) is 3.43. The molecule has 1 atom stereocenters. The number of alkyl halides is 2. The van der Waals surface area contributed by atoms with E-state index in [1.807, 2.05) is 6.92 Å². The smallest absolute Gasteiger partial charge is 0.283 e. The maximum Gasteiger partial charge on any atom is 0.283 e. The molecule has 0 radical (unpaired) electrons. The first-order chi connectivity index (χ1) is 11.3. The maximum absolute atomic E-state index is 12.8. The standard InChI is InChI=1S/C16H25BrF2N4O/c1-10-4-6-22(7-5-10)8-11(2)20-13(24)9-23-12(3)14(17)15(21-23)16(18)19/h10-11,16H,4-9H2,1-3H3,(H,20,24)/t11-/m0/s1. The first kappa shape index (κ1) is 19.3. The largest absolute Gasteiger partial charge is 0.351 e. The summed E-state index contributed by atoms with van der Waals surface area (Å²) in [5, 5.41) is 6.76. The summed E-state index contributed by atoms with van der Waals surface area (Å²) in [7, 11) is 0. The Labute approximate surface area is 149 Å². The van der Waals surface area contributed by atoms with Crippen molar-refractivity contribution in [2.45, 2.75) is 52.6 Å². The van der Waals surface area contributed by atoms with E-state index in [0.717, 1.165) is 25.6 Å². The quantitative estimate of drug-likeness (QED) is 0.789. The summed E-state index contributed by atoms with van der Waals surface area (Å²) >= 11 is 3.11. The molecule has 2 rings (SSSR count). The van der Waals surface area contributed by atoms with Gasteiger partial charge in [0.1, 0.15) is 12.2 Å². The van der Waals surface area contributed by atoms with Crippen molar-refractivity contribution in [1.82, 2.24) is 20.0 Å². The number of hydrogen-bond acceptors (Lipinski definition) is 3. The number of likely N-dealkylation sites (tertiary alicyclic amines) is 1. The number of halogens is 3. The van der Waals surface area contributed by atoms with Gasteiger partial charge >= 0.3 is 0 Å². The summed E-state index contributed by atoms with van der Waals surface area (Å²) in [6, 6.07) is 0.0137. The third-order valence-corrected chi connectivity index (χ3v) is 5.45. The van der Waals surface area contributed by atoms with Crippen LogP contribution in [-0.4, -0.2) is 46.3 Å². The van der Waals surface area contributed by atoms with Crippen molar-refractivity contribution >= 4 is 21.8 Å². The van der Waals surface area contributed by atoms with Crippen molar-refractivity contribution in [2.75, 3.05) is 19.6 Å². The second-order valence-electron chi connectivity index (χ2n) is 6.69. The molecule has 24 heavy (non-hydrogen) atoms. The molecule has 1 aliphatic heterocycles. The predicted octanol–water partition coefficient (Wildman–Crippen LogP) is 3.13. The molecule has 0 bridgehead atoms. The van der Waals surface area contributed by atoms with Crippen molar-refractivity contribution in [3.63, 3.8) is 0 Å². The number of carbonyl (C=O) groups excluding carboxylic acids is 1. The fraction of sp³-hybridized carbons (Fsp3) is 0.750. The molecule has 1 fully saturated rings. The Morgan fingerprint density at radius 3 is 2.58 bits per heavy atom. The Bertz CT molecular complexity index is 571. The minimum absolute atomic E-state index is 0.0137. The summed E-state index contributed by atoms with van der Waals surface area (Å²) in [6.07, 6.45) is -0.280. The van der Waals surface area contributed by atoms with Crippen LogP contribution in [0.2, 0.25) is 0 Å². The third kappa shape index (κ3) is 4.99. The molecule has 1 N–H and O–H groups in total. The van der Waals surface area contributed by atoms with Gasteiger partial charge in [0.25, 0.3) is 6.43 Å². The SMILES string of the molecule is Cc1c(Br)c(C(F)F)nn1CC(=O)N[C@@H](C)CN1CCC(C)CC1. The lowest BCUT2D eigenvalue weighted by Crippen LogP contribution is -2.45. The summed E-state index contributed by atoms with van der Waals surface area (Å²) in [5.41, 5.74) is 0.203. The molecular weight excluding hydrogens is 382 g/mol. The number of amides is 1. The van der Waals surface area contributed by atoms with Gasteiger partial charge in [-0.1, -0.05) is 6.92 Å². The van der Waals surface area contributed by atoms with Crippen LogP contribution in [0.25, 0.3) is 0 Å². The van der Waals surface area contributed by atoms with Gasteiger partial charge < -0.3 is 10.2 Å². The molecule has 1 saturated heterocycles. The van der Waals surface area contributed by atoms with Crippen LogP contribution in [0.4, 0.5) is 8.78 Å². The molecule has 0 unspecified atom stereocenters. The first-order valence-electron chi connectivity index (χ1n) is 8.30. The van der Waals surface area contributed by atoms with Gasteiger partial charge in [0, 0.05) is 12.6 Å². The van der Waals surface area contributed by atoms with E-state index in [0.29, 0.717) is 5.69 Å². The predicted molar refractivity (Wildman–Crippen MR) is 92.1 cm³/mol. The van der Waals surface area contributed by atoms with E-state index in [9.17, 15) is 13.6 Å². The Morgan fingerprint density at radius 2 is 2.04 bits per heavy atom. The van der Waals surface area contributed by atoms with Crippen LogP contribution in [0.3, 0.4) is 0 Å². The summed E-state index contributed by atoms with van der Waals surface area (Å²) in [5.74, 6) is 0.559. The van der Waals surface area contributed by atoms with Gasteiger partial charge in [0.05, 0.1) is 10.2 Å². The molecule has 1 aromatic rings. The number of piperidine rings is 1. The molecule has 2 heterocycles. The molecule has 0 aliphatic carbocycles. The molecule has 0 aromatic carbocycles. The fourth-order valence-electron chi connectivity index (χ4n) is 2.98. The van der Waals surface area contributed by atoms with Crippen molar-refractivity contribution < 1.29 is 13.6 Å². The Balaban J connectivity index is 1.85. The minimum atomic E-state index is -2.66. The molecule has 0 spiro atoms. The zero-order valence-electron chi connectivity index (χ0n) is 14.4. The van der Waals surface area contributed by atoms with E-state index in [1.165, 1.54) is 17.5 Å². The lowest BCUT2D eigenvalue weighted by molar-refractivity contribution is -0.122. The number of hydrogen-bond donors (Lipinski definition) is 1. The Kier molecular flexibility index (Phi) is 6.74. The van der Waals surface area contributed by atoms with Crippen LogP contribution in [-0.2, 0) is 11.3 Å². The highest BCUT2D eigenvalue weighted by atomic mass is 79.9. The second kappa shape index (κ2) is 8.38. The van der Waals surface area contributed by atoms with Gasteiger partial charge in [0.2, 0.25) is 5.91 Å². The molecule has 1 aromatic heterocycles. The van der Waals surface area contributed by atoms with Crippen molar-refractivity contribution in [1.29, 1.82) is 0 Å². The number of carbonyl (C=O) groups is 1. The monoisotopic (exact) mass is 406 g/mol. The van der Waals surface area contributed by atoms with E-state index in [1.54, 1.807) is 6.92 Å². The highest BCUT2D eigenvalue weighted by molar-refractivity contribution is 9.10. The number of nitrogens with zero attached hydrogens (tertiary/aromatic N) is 3. The number of aromatic nitrogens is 2. The molecule has 5 nitrogen and oxygen atoms in total. The van der Waals surface area contributed by atoms with Crippen LogP contribution >= 0.6 is 15.9 Å². The van der Waals surface area contributed by atoms with Crippen LogP contribution in [0.1, 0.15) is 44.5 Å². The average molecular weight is 407 g/mol. The van der Waals surface area contributed by atoms with Crippen LogP contribution in [0.5, 0.6) is 0 Å². The van der Waals surface area contributed by atoms with Gasteiger partial charge in [-0.05, 0) is 61.6 Å². The zero-order valence-corrected chi connectivity index (χ0v) is 15.9. The van der Waals surface area contributed by atoms with Crippen LogP contribution in [0.15, 0.2) is 4.47 Å². The van der Waals surface area contributed by atoms with Crippen molar-refractivity contribution in [2.24, 2.45) is 5.92 Å². The Hall–Kier alpha value is -1.02. The highest BCUT2D eigenvalue weighted by Gasteiger charge is 2.22. The van der Waals surface area contributed by atoms with Gasteiger partial charge in [-0.15, -0.1) is 0 Å². The van der Waals surface area contributed by atoms with Crippen molar-refractivity contribution in [3.05, 3.63) is 15.9 Å². The van der Waals surface area contributed by atoms with E-state index in [4.69, 9.17) is 0 Å². The maximum atomic E-state index is 12.8. The molecular formula is C16H25BrF2N4O. The van der Waals surface area contributed by atoms with E-state index in [-0.39, 0.29) is 28.7 Å². The second-order valence-corrected chi connectivity index (χ2v) is 7.49. The van der Waals surface area contributed by atoms with E-state index < -0.39 is 6.43 Å². The minimum Gasteiger partial charge on any atom is -0.351 e. The summed E-state index contributed by atoms with van der Waals surface area (Å²) in [4.78, 5) is 14.5. The van der Waals surface area contributed by atoms with Gasteiger partial charge in [-0.3, -0.25) is 9.48 Å².